The van der Waals surface area contributed by atoms with Crippen molar-refractivity contribution in [2.45, 2.75) is 0 Å². The Morgan fingerprint density at radius 1 is 1.13 bits per heavy atom. The summed E-state index contributed by atoms with van der Waals surface area (Å²) in [6.45, 7) is 0.0894. The molecule has 2 rings (SSSR count). The number of rotatable bonds is 6. The largest absolute Gasteiger partial charge is 0.495 e. The van der Waals surface area contributed by atoms with Crippen LogP contribution in [-0.4, -0.2) is 26.7 Å². The van der Waals surface area contributed by atoms with Gasteiger partial charge in [-0.15, -0.1) is 0 Å². The molecule has 0 unspecified atom stereocenters. The van der Waals surface area contributed by atoms with Crippen molar-refractivity contribution in [2.75, 3.05) is 31.4 Å². The van der Waals surface area contributed by atoms with Crippen molar-refractivity contribution in [3.8, 4) is 11.5 Å². The van der Waals surface area contributed by atoms with Crippen LogP contribution in [0.5, 0.6) is 11.5 Å². The first-order valence-electron chi connectivity index (χ1n) is 6.75. The number of carbonyl (C=O) groups excluding carboxylic acids is 1. The normalized spacial score (nSPS) is 10.1. The van der Waals surface area contributed by atoms with Gasteiger partial charge in [0, 0.05) is 15.7 Å². The minimum absolute atomic E-state index is 0.0894. The Hall–Kier alpha value is -1.67. The van der Waals surface area contributed by atoms with Crippen molar-refractivity contribution < 1.29 is 14.3 Å². The van der Waals surface area contributed by atoms with E-state index in [4.69, 9.17) is 21.1 Å². The molecular formula is C16H16ClIN2O3. The van der Waals surface area contributed by atoms with Gasteiger partial charge >= 0.3 is 0 Å². The zero-order valence-electron chi connectivity index (χ0n) is 12.7. The van der Waals surface area contributed by atoms with Crippen LogP contribution in [0, 0.1) is 3.57 Å². The summed E-state index contributed by atoms with van der Waals surface area (Å²) in [5.41, 5.74) is 1.41. The molecule has 0 heterocycles. The van der Waals surface area contributed by atoms with Gasteiger partial charge < -0.3 is 20.1 Å². The van der Waals surface area contributed by atoms with Gasteiger partial charge in [-0.05, 0) is 34.7 Å². The minimum atomic E-state index is -0.162. The maximum atomic E-state index is 12.1. The van der Waals surface area contributed by atoms with Gasteiger partial charge in [-0.25, -0.2) is 0 Å². The van der Waals surface area contributed by atoms with Crippen LogP contribution in [0.3, 0.4) is 0 Å². The van der Waals surface area contributed by atoms with Gasteiger partial charge in [0.2, 0.25) is 5.91 Å². The number of anilines is 2. The number of benzene rings is 2. The number of hydrogen-bond acceptors (Lipinski definition) is 4. The van der Waals surface area contributed by atoms with Gasteiger partial charge in [-0.3, -0.25) is 4.79 Å². The fourth-order valence-corrected chi connectivity index (χ4v) is 2.68. The predicted molar refractivity (Wildman–Crippen MR) is 101 cm³/mol. The standard InChI is InChI=1S/C16H16ClIN2O3/c1-22-14-8-13(15(23-2)7-10(14)17)19-9-16(21)20-12-6-4-3-5-11(12)18/h3-8,19H,9H2,1-2H3,(H,20,21). The van der Waals surface area contributed by atoms with Crippen molar-refractivity contribution in [1.82, 2.24) is 0 Å². The monoisotopic (exact) mass is 446 g/mol. The summed E-state index contributed by atoms with van der Waals surface area (Å²) in [6, 6.07) is 10.9. The molecule has 5 nitrogen and oxygen atoms in total. The number of methoxy groups -OCH3 is 2. The van der Waals surface area contributed by atoms with E-state index < -0.39 is 0 Å². The van der Waals surface area contributed by atoms with Crippen molar-refractivity contribution in [1.29, 1.82) is 0 Å². The van der Waals surface area contributed by atoms with Crippen LogP contribution in [-0.2, 0) is 4.79 Å². The molecule has 2 aromatic rings. The quantitative estimate of drug-likeness (QED) is 0.658. The molecule has 0 radical (unpaired) electrons. The number of hydrogen-bond donors (Lipinski definition) is 2. The highest BCUT2D eigenvalue weighted by Gasteiger charge is 2.11. The molecule has 0 saturated heterocycles. The zero-order valence-corrected chi connectivity index (χ0v) is 15.6. The van der Waals surface area contributed by atoms with Crippen LogP contribution in [0.2, 0.25) is 5.02 Å². The Morgan fingerprint density at radius 3 is 2.48 bits per heavy atom. The van der Waals surface area contributed by atoms with Crippen LogP contribution in [0.4, 0.5) is 11.4 Å². The van der Waals surface area contributed by atoms with Crippen LogP contribution in [0.1, 0.15) is 0 Å². The molecular weight excluding hydrogens is 431 g/mol. The van der Waals surface area contributed by atoms with E-state index in [0.29, 0.717) is 22.2 Å². The maximum Gasteiger partial charge on any atom is 0.243 e. The third kappa shape index (κ3) is 4.65. The third-order valence-electron chi connectivity index (χ3n) is 3.06. The zero-order chi connectivity index (χ0) is 16.8. The molecule has 0 aliphatic carbocycles. The van der Waals surface area contributed by atoms with Crippen molar-refractivity contribution in [2.24, 2.45) is 0 Å². The number of ether oxygens (including phenoxy) is 2. The summed E-state index contributed by atoms with van der Waals surface area (Å²) in [5.74, 6) is 0.885. The molecule has 2 N–H and O–H groups in total. The van der Waals surface area contributed by atoms with Crippen LogP contribution in [0.25, 0.3) is 0 Å². The molecule has 0 spiro atoms. The minimum Gasteiger partial charge on any atom is -0.495 e. The summed E-state index contributed by atoms with van der Waals surface area (Å²) < 4.78 is 11.4. The second-order valence-corrected chi connectivity index (χ2v) is 6.14. The maximum absolute atomic E-state index is 12.1. The van der Waals surface area contributed by atoms with Gasteiger partial charge in [0.25, 0.3) is 0 Å². The number of carbonyl (C=O) groups is 1. The van der Waals surface area contributed by atoms with Crippen molar-refractivity contribution in [3.63, 3.8) is 0 Å². The molecule has 0 aliphatic rings. The molecule has 0 bridgehead atoms. The lowest BCUT2D eigenvalue weighted by Crippen LogP contribution is -2.22. The first-order valence-corrected chi connectivity index (χ1v) is 8.20. The van der Waals surface area contributed by atoms with E-state index in [2.05, 4.69) is 33.2 Å². The highest BCUT2D eigenvalue weighted by molar-refractivity contribution is 14.1. The van der Waals surface area contributed by atoms with Gasteiger partial charge in [-0.2, -0.15) is 0 Å². The second kappa shape index (κ2) is 8.26. The first-order chi connectivity index (χ1) is 11.0. The van der Waals surface area contributed by atoms with Crippen LogP contribution >= 0.6 is 34.2 Å². The molecule has 0 aromatic heterocycles. The van der Waals surface area contributed by atoms with Gasteiger partial charge in [-0.1, -0.05) is 23.7 Å². The van der Waals surface area contributed by atoms with E-state index in [0.717, 1.165) is 9.26 Å². The molecule has 1 amide bonds. The van der Waals surface area contributed by atoms with Crippen molar-refractivity contribution >= 4 is 51.5 Å². The second-order valence-electron chi connectivity index (χ2n) is 4.57. The summed E-state index contributed by atoms with van der Waals surface area (Å²) in [7, 11) is 3.07. The lowest BCUT2D eigenvalue weighted by molar-refractivity contribution is -0.114. The van der Waals surface area contributed by atoms with E-state index in [1.165, 1.54) is 14.2 Å². The number of amides is 1. The van der Waals surface area contributed by atoms with Gasteiger partial charge in [0.15, 0.2) is 0 Å². The van der Waals surface area contributed by atoms with Crippen LogP contribution in [0.15, 0.2) is 36.4 Å². The van der Waals surface area contributed by atoms with Gasteiger partial charge in [0.05, 0.1) is 37.2 Å². The van der Waals surface area contributed by atoms with Crippen molar-refractivity contribution in [3.05, 3.63) is 45.0 Å². The van der Waals surface area contributed by atoms with E-state index in [9.17, 15) is 4.79 Å². The molecule has 0 saturated carbocycles. The highest BCUT2D eigenvalue weighted by Crippen LogP contribution is 2.35. The predicted octanol–water partition coefficient (Wildman–Crippen LogP) is 4.01. The molecule has 0 atom stereocenters. The fraction of sp³-hybridized carbons (Fsp3) is 0.188. The van der Waals surface area contributed by atoms with Gasteiger partial charge in [0.1, 0.15) is 11.5 Å². The smallest absolute Gasteiger partial charge is 0.243 e. The fourth-order valence-electron chi connectivity index (χ4n) is 1.93. The SMILES string of the molecule is COc1cc(NCC(=O)Nc2ccccc2I)c(OC)cc1Cl. The Kier molecular flexibility index (Phi) is 6.35. The number of para-hydroxylation sites is 1. The summed E-state index contributed by atoms with van der Waals surface area (Å²) >= 11 is 8.23. The molecule has 23 heavy (non-hydrogen) atoms. The van der Waals surface area contributed by atoms with E-state index in [-0.39, 0.29) is 12.5 Å². The summed E-state index contributed by atoms with van der Waals surface area (Å²) in [4.78, 5) is 12.1. The Labute approximate surface area is 153 Å². The summed E-state index contributed by atoms with van der Waals surface area (Å²) in [5, 5.41) is 6.32. The molecule has 0 aliphatic heterocycles. The molecule has 122 valence electrons. The Balaban J connectivity index is 2.05. The average molecular weight is 447 g/mol. The average Bonchev–Trinajstić information content (AvgIpc) is 2.55. The number of nitrogens with one attached hydrogen (secondary N) is 2. The molecule has 7 heteroatoms. The molecule has 2 aromatic carbocycles. The topological polar surface area (TPSA) is 59.6 Å². The lowest BCUT2D eigenvalue weighted by atomic mass is 10.2. The Morgan fingerprint density at radius 2 is 1.83 bits per heavy atom. The van der Waals surface area contributed by atoms with E-state index in [1.54, 1.807) is 12.1 Å². The number of halogens is 2. The van der Waals surface area contributed by atoms with E-state index >= 15 is 0 Å². The highest BCUT2D eigenvalue weighted by atomic mass is 127. The molecule has 0 fully saturated rings. The summed E-state index contributed by atoms with van der Waals surface area (Å²) in [6.07, 6.45) is 0. The third-order valence-corrected chi connectivity index (χ3v) is 4.30. The van der Waals surface area contributed by atoms with E-state index in [1.807, 2.05) is 24.3 Å². The first kappa shape index (κ1) is 17.7. The lowest BCUT2D eigenvalue weighted by Gasteiger charge is -2.14. The van der Waals surface area contributed by atoms with Crippen LogP contribution < -0.4 is 20.1 Å². The Bertz CT molecular complexity index is 710.